The summed E-state index contributed by atoms with van der Waals surface area (Å²) < 4.78 is 5.58. The number of anilines is 2. The van der Waals surface area contributed by atoms with E-state index in [1.807, 2.05) is 37.3 Å². The topological polar surface area (TPSA) is 63.2 Å². The number of benzene rings is 1. The van der Waals surface area contributed by atoms with Crippen LogP contribution in [0.25, 0.3) is 0 Å². The predicted octanol–water partition coefficient (Wildman–Crippen LogP) is 3.61. The van der Waals surface area contributed by atoms with Crippen LogP contribution in [0.4, 0.5) is 11.4 Å². The highest BCUT2D eigenvalue weighted by molar-refractivity contribution is 5.92. The summed E-state index contributed by atoms with van der Waals surface area (Å²) in [5.74, 6) is 1.05. The number of rotatable bonds is 7. The molecular weight excluding hydrogens is 290 g/mol. The smallest absolute Gasteiger partial charge is 0.269 e. The second kappa shape index (κ2) is 8.17. The third-order valence-electron chi connectivity index (χ3n) is 3.13. The number of hydrogen-bond donors (Lipinski definition) is 2. The highest BCUT2D eigenvalue weighted by atomic mass is 16.5. The molecule has 2 rings (SSSR count). The number of carbonyl (C=O) groups is 1. The third kappa shape index (κ3) is 4.98. The fourth-order valence-corrected chi connectivity index (χ4v) is 2.00. The molecule has 122 valence electrons. The SMILES string of the molecule is CCOc1ccccc1Nc1ccc(C(=O)NCC(C)C)nc1. The molecule has 1 aromatic heterocycles. The first-order valence-electron chi connectivity index (χ1n) is 7.83. The van der Waals surface area contributed by atoms with Crippen molar-refractivity contribution in [3.63, 3.8) is 0 Å². The number of ether oxygens (including phenoxy) is 1. The largest absolute Gasteiger partial charge is 0.492 e. The summed E-state index contributed by atoms with van der Waals surface area (Å²) in [6.07, 6.45) is 1.65. The van der Waals surface area contributed by atoms with Crippen LogP contribution >= 0.6 is 0 Å². The molecule has 2 N–H and O–H groups in total. The second-order valence-electron chi connectivity index (χ2n) is 5.59. The summed E-state index contributed by atoms with van der Waals surface area (Å²) in [6.45, 7) is 7.30. The molecule has 0 spiro atoms. The Bertz CT molecular complexity index is 639. The number of aromatic nitrogens is 1. The van der Waals surface area contributed by atoms with E-state index in [-0.39, 0.29) is 5.91 Å². The van der Waals surface area contributed by atoms with Crippen LogP contribution in [0.3, 0.4) is 0 Å². The average molecular weight is 313 g/mol. The standard InChI is InChI=1S/C18H23N3O2/c1-4-23-17-8-6-5-7-15(17)21-14-9-10-16(19-12-14)18(22)20-11-13(2)3/h5-10,12-13,21H,4,11H2,1-3H3,(H,20,22). The van der Waals surface area contributed by atoms with Crippen molar-refractivity contribution in [3.8, 4) is 5.75 Å². The van der Waals surface area contributed by atoms with E-state index in [1.54, 1.807) is 12.3 Å². The molecule has 0 unspecified atom stereocenters. The third-order valence-corrected chi connectivity index (χ3v) is 3.13. The molecule has 0 saturated heterocycles. The molecule has 0 radical (unpaired) electrons. The van der Waals surface area contributed by atoms with Crippen LogP contribution in [-0.4, -0.2) is 24.0 Å². The van der Waals surface area contributed by atoms with Gasteiger partial charge in [-0.1, -0.05) is 26.0 Å². The first-order chi connectivity index (χ1) is 11.1. The Morgan fingerprint density at radius 1 is 1.22 bits per heavy atom. The van der Waals surface area contributed by atoms with E-state index in [1.165, 1.54) is 0 Å². The Balaban J connectivity index is 2.04. The van der Waals surface area contributed by atoms with Crippen molar-refractivity contribution in [2.45, 2.75) is 20.8 Å². The summed E-state index contributed by atoms with van der Waals surface area (Å²) in [6, 6.07) is 11.3. The van der Waals surface area contributed by atoms with E-state index in [9.17, 15) is 4.79 Å². The van der Waals surface area contributed by atoms with Crippen LogP contribution in [0.5, 0.6) is 5.75 Å². The molecule has 23 heavy (non-hydrogen) atoms. The van der Waals surface area contributed by atoms with Crippen LogP contribution in [0.15, 0.2) is 42.6 Å². The van der Waals surface area contributed by atoms with E-state index in [0.29, 0.717) is 24.8 Å². The summed E-state index contributed by atoms with van der Waals surface area (Å²) in [5.41, 5.74) is 2.08. The zero-order valence-corrected chi connectivity index (χ0v) is 13.8. The van der Waals surface area contributed by atoms with Gasteiger partial charge in [-0.15, -0.1) is 0 Å². The minimum atomic E-state index is -0.153. The first kappa shape index (κ1) is 16.8. The lowest BCUT2D eigenvalue weighted by Gasteiger charge is -2.12. The minimum Gasteiger partial charge on any atom is -0.492 e. The summed E-state index contributed by atoms with van der Waals surface area (Å²) >= 11 is 0. The number of pyridine rings is 1. The van der Waals surface area contributed by atoms with Gasteiger partial charge in [0.25, 0.3) is 5.91 Å². The van der Waals surface area contributed by atoms with Crippen LogP contribution < -0.4 is 15.4 Å². The Kier molecular flexibility index (Phi) is 5.97. The summed E-state index contributed by atoms with van der Waals surface area (Å²) in [5, 5.41) is 6.11. The van der Waals surface area contributed by atoms with Crippen LogP contribution in [0.1, 0.15) is 31.3 Å². The van der Waals surface area contributed by atoms with E-state index in [0.717, 1.165) is 17.1 Å². The highest BCUT2D eigenvalue weighted by Crippen LogP contribution is 2.27. The monoisotopic (exact) mass is 313 g/mol. The van der Waals surface area contributed by atoms with Gasteiger partial charge in [-0.25, -0.2) is 4.98 Å². The molecule has 0 atom stereocenters. The second-order valence-corrected chi connectivity index (χ2v) is 5.59. The number of nitrogens with one attached hydrogen (secondary N) is 2. The quantitative estimate of drug-likeness (QED) is 0.819. The summed E-state index contributed by atoms with van der Waals surface area (Å²) in [7, 11) is 0. The lowest BCUT2D eigenvalue weighted by Crippen LogP contribution is -2.27. The molecule has 5 nitrogen and oxygen atoms in total. The molecule has 2 aromatic rings. The van der Waals surface area contributed by atoms with E-state index in [4.69, 9.17) is 4.74 Å². The number of hydrogen-bond acceptors (Lipinski definition) is 4. The maximum atomic E-state index is 11.9. The van der Waals surface area contributed by atoms with Gasteiger partial charge in [0.2, 0.25) is 0 Å². The van der Waals surface area contributed by atoms with Crippen LogP contribution in [-0.2, 0) is 0 Å². The molecule has 0 aliphatic heterocycles. The molecule has 0 aliphatic carbocycles. The van der Waals surface area contributed by atoms with Crippen molar-refractivity contribution < 1.29 is 9.53 Å². The fraction of sp³-hybridized carbons (Fsp3) is 0.333. The van der Waals surface area contributed by atoms with Gasteiger partial charge in [0.15, 0.2) is 0 Å². The van der Waals surface area contributed by atoms with Crippen molar-refractivity contribution in [3.05, 3.63) is 48.3 Å². The molecule has 1 aromatic carbocycles. The van der Waals surface area contributed by atoms with Gasteiger partial charge >= 0.3 is 0 Å². The number of nitrogens with zero attached hydrogens (tertiary/aromatic N) is 1. The maximum absolute atomic E-state index is 11.9. The van der Waals surface area contributed by atoms with Crippen LogP contribution in [0.2, 0.25) is 0 Å². The normalized spacial score (nSPS) is 10.4. The Morgan fingerprint density at radius 3 is 2.65 bits per heavy atom. The van der Waals surface area contributed by atoms with Crippen molar-refractivity contribution in [2.24, 2.45) is 5.92 Å². The Labute approximate surface area is 137 Å². The van der Waals surface area contributed by atoms with Gasteiger partial charge in [-0.2, -0.15) is 0 Å². The van der Waals surface area contributed by atoms with Crippen molar-refractivity contribution in [1.29, 1.82) is 0 Å². The molecule has 0 bridgehead atoms. The molecule has 0 fully saturated rings. The zero-order valence-electron chi connectivity index (χ0n) is 13.8. The molecule has 0 aliphatic rings. The number of carbonyl (C=O) groups excluding carboxylic acids is 1. The van der Waals surface area contributed by atoms with E-state index < -0.39 is 0 Å². The molecule has 1 amide bonds. The zero-order chi connectivity index (χ0) is 16.7. The predicted molar refractivity (Wildman–Crippen MR) is 92.3 cm³/mol. The van der Waals surface area contributed by atoms with Crippen molar-refractivity contribution in [1.82, 2.24) is 10.3 Å². The van der Waals surface area contributed by atoms with E-state index >= 15 is 0 Å². The van der Waals surface area contributed by atoms with Gasteiger partial charge in [0.1, 0.15) is 11.4 Å². The lowest BCUT2D eigenvalue weighted by molar-refractivity contribution is 0.0944. The van der Waals surface area contributed by atoms with Crippen molar-refractivity contribution >= 4 is 17.3 Å². The van der Waals surface area contributed by atoms with Gasteiger partial charge in [-0.05, 0) is 37.1 Å². The van der Waals surface area contributed by atoms with Crippen LogP contribution in [0, 0.1) is 5.92 Å². The Hall–Kier alpha value is -2.56. The lowest BCUT2D eigenvalue weighted by atomic mass is 10.2. The van der Waals surface area contributed by atoms with Gasteiger partial charge < -0.3 is 15.4 Å². The number of amides is 1. The molecular formula is C18H23N3O2. The van der Waals surface area contributed by atoms with Gasteiger partial charge in [0, 0.05) is 6.54 Å². The fourth-order valence-electron chi connectivity index (χ4n) is 2.00. The maximum Gasteiger partial charge on any atom is 0.269 e. The van der Waals surface area contributed by atoms with E-state index in [2.05, 4.69) is 29.5 Å². The molecule has 0 saturated carbocycles. The molecule has 1 heterocycles. The van der Waals surface area contributed by atoms with Crippen molar-refractivity contribution in [2.75, 3.05) is 18.5 Å². The first-order valence-corrected chi connectivity index (χ1v) is 7.83. The summed E-state index contributed by atoms with van der Waals surface area (Å²) in [4.78, 5) is 16.2. The van der Waals surface area contributed by atoms with Gasteiger partial charge in [0.05, 0.1) is 24.2 Å². The highest BCUT2D eigenvalue weighted by Gasteiger charge is 2.08. The average Bonchev–Trinajstić information content (AvgIpc) is 2.55. The Morgan fingerprint density at radius 2 is 2.00 bits per heavy atom. The minimum absolute atomic E-state index is 0.153. The number of para-hydroxylation sites is 2. The molecule has 5 heteroatoms. The van der Waals surface area contributed by atoms with Gasteiger partial charge in [-0.3, -0.25) is 4.79 Å².